The number of piperidine rings is 1. The Balaban J connectivity index is 1.58. The maximum Gasteiger partial charge on any atom is 0.216 e. The molecule has 0 unspecified atom stereocenters. The summed E-state index contributed by atoms with van der Waals surface area (Å²) in [6.45, 7) is 2.25. The summed E-state index contributed by atoms with van der Waals surface area (Å²) in [6.07, 6.45) is 10.6. The smallest absolute Gasteiger partial charge is 0.216 e. The summed E-state index contributed by atoms with van der Waals surface area (Å²) in [5.41, 5.74) is 0. The highest BCUT2D eigenvalue weighted by atomic mass is 16.5. The van der Waals surface area contributed by atoms with E-state index in [1.54, 1.807) is 0 Å². The highest BCUT2D eigenvalue weighted by molar-refractivity contribution is 5.09. The molecule has 3 rings (SSSR count). The average Bonchev–Trinajstić information content (AvgIpc) is 2.93. The van der Waals surface area contributed by atoms with Crippen molar-refractivity contribution >= 4 is 0 Å². The minimum Gasteiger partial charge on any atom is -0.474 e. The third-order valence-electron chi connectivity index (χ3n) is 4.14. The Morgan fingerprint density at radius 3 is 2.89 bits per heavy atom. The van der Waals surface area contributed by atoms with Gasteiger partial charge in [0.05, 0.1) is 0 Å². The normalized spacial score (nSPS) is 24.5. The maximum absolute atomic E-state index is 5.94. The minimum atomic E-state index is 0.374. The quantitative estimate of drug-likeness (QED) is 0.903. The molecule has 2 aliphatic rings. The van der Waals surface area contributed by atoms with Gasteiger partial charge in [0.1, 0.15) is 11.9 Å². The Morgan fingerprint density at radius 2 is 2.11 bits per heavy atom. The molecule has 4 heteroatoms. The van der Waals surface area contributed by atoms with Gasteiger partial charge in [-0.2, -0.15) is 4.98 Å². The summed E-state index contributed by atoms with van der Waals surface area (Å²) in [7, 11) is 0. The van der Waals surface area contributed by atoms with Crippen LogP contribution in [0.3, 0.4) is 0 Å². The zero-order chi connectivity index (χ0) is 12.9. The van der Waals surface area contributed by atoms with Crippen LogP contribution in [0.5, 0.6) is 5.88 Å². The fourth-order valence-corrected chi connectivity index (χ4v) is 3.08. The first-order chi connectivity index (χ1) is 9.40. The monoisotopic (exact) mass is 261 g/mol. The lowest BCUT2D eigenvalue weighted by Gasteiger charge is -2.22. The van der Waals surface area contributed by atoms with E-state index in [-0.39, 0.29) is 0 Å². The Kier molecular flexibility index (Phi) is 4.28. The van der Waals surface area contributed by atoms with Gasteiger partial charge in [-0.05, 0) is 57.5 Å². The van der Waals surface area contributed by atoms with Gasteiger partial charge in [0.25, 0.3) is 0 Å². The third kappa shape index (κ3) is 3.66. The zero-order valence-electron chi connectivity index (χ0n) is 11.5. The van der Waals surface area contributed by atoms with E-state index in [4.69, 9.17) is 4.74 Å². The number of nitrogens with zero attached hydrogens (tertiary/aromatic N) is 2. The van der Waals surface area contributed by atoms with Gasteiger partial charge in [0.2, 0.25) is 5.88 Å². The number of rotatable bonds is 4. The summed E-state index contributed by atoms with van der Waals surface area (Å²) in [5, 5.41) is 3.44. The second-order valence-electron chi connectivity index (χ2n) is 5.75. The molecule has 1 aromatic rings. The van der Waals surface area contributed by atoms with Crippen LogP contribution in [0.2, 0.25) is 0 Å². The Morgan fingerprint density at radius 1 is 1.21 bits per heavy atom. The second-order valence-corrected chi connectivity index (χ2v) is 5.75. The molecule has 1 atom stereocenters. The van der Waals surface area contributed by atoms with Crippen LogP contribution in [0.25, 0.3) is 0 Å². The zero-order valence-corrected chi connectivity index (χ0v) is 11.5. The van der Waals surface area contributed by atoms with Crippen molar-refractivity contribution < 1.29 is 4.74 Å². The van der Waals surface area contributed by atoms with E-state index < -0.39 is 0 Å². The van der Waals surface area contributed by atoms with Crippen LogP contribution in [0.4, 0.5) is 0 Å². The molecule has 0 bridgehead atoms. The third-order valence-corrected chi connectivity index (χ3v) is 4.14. The van der Waals surface area contributed by atoms with Crippen LogP contribution < -0.4 is 10.1 Å². The van der Waals surface area contributed by atoms with Crippen molar-refractivity contribution in [2.45, 2.75) is 51.0 Å². The van der Waals surface area contributed by atoms with Crippen molar-refractivity contribution in [2.75, 3.05) is 13.1 Å². The molecule has 1 aromatic heterocycles. The highest BCUT2D eigenvalue weighted by Gasteiger charge is 2.18. The average molecular weight is 261 g/mol. The van der Waals surface area contributed by atoms with Crippen molar-refractivity contribution in [2.24, 2.45) is 5.92 Å². The first-order valence-electron chi connectivity index (χ1n) is 7.59. The molecule has 0 amide bonds. The molecule has 19 heavy (non-hydrogen) atoms. The maximum atomic E-state index is 5.94. The molecule has 1 aliphatic carbocycles. The molecule has 0 radical (unpaired) electrons. The Labute approximate surface area is 115 Å². The summed E-state index contributed by atoms with van der Waals surface area (Å²) >= 11 is 0. The predicted molar refractivity (Wildman–Crippen MR) is 74.2 cm³/mol. The number of hydrogen-bond acceptors (Lipinski definition) is 4. The first-order valence-corrected chi connectivity index (χ1v) is 7.59. The van der Waals surface area contributed by atoms with Gasteiger partial charge < -0.3 is 10.1 Å². The largest absolute Gasteiger partial charge is 0.474 e. The minimum absolute atomic E-state index is 0.374. The fraction of sp³-hybridized carbons (Fsp3) is 0.733. The highest BCUT2D eigenvalue weighted by Crippen LogP contribution is 2.23. The SMILES string of the molecule is c1cc(OC2CCCC2)nc(C[C@@H]2CCCNC2)n1. The van der Waals surface area contributed by atoms with Crippen molar-refractivity contribution in [3.63, 3.8) is 0 Å². The molecule has 0 spiro atoms. The van der Waals surface area contributed by atoms with Crippen LogP contribution in [0.1, 0.15) is 44.3 Å². The summed E-state index contributed by atoms with van der Waals surface area (Å²) in [6, 6.07) is 1.89. The Bertz CT molecular complexity index is 398. The van der Waals surface area contributed by atoms with Gasteiger partial charge in [-0.15, -0.1) is 0 Å². The molecule has 2 fully saturated rings. The summed E-state index contributed by atoms with van der Waals surface area (Å²) in [5.74, 6) is 2.38. The topological polar surface area (TPSA) is 47.0 Å². The molecular weight excluding hydrogens is 238 g/mol. The standard InChI is InChI=1S/C15H23N3O/c1-2-6-13(5-1)19-15-7-9-17-14(18-15)10-12-4-3-8-16-11-12/h7,9,12-13,16H,1-6,8,10-11H2/t12-/m0/s1. The molecule has 1 saturated carbocycles. The molecular formula is C15H23N3O. The van der Waals surface area contributed by atoms with E-state index in [2.05, 4.69) is 15.3 Å². The lowest BCUT2D eigenvalue weighted by Crippen LogP contribution is -2.31. The lowest BCUT2D eigenvalue weighted by atomic mass is 9.96. The van der Waals surface area contributed by atoms with Gasteiger partial charge in [0, 0.05) is 18.7 Å². The van der Waals surface area contributed by atoms with Crippen LogP contribution >= 0.6 is 0 Å². The van der Waals surface area contributed by atoms with Crippen LogP contribution in [0.15, 0.2) is 12.3 Å². The molecule has 1 N–H and O–H groups in total. The van der Waals surface area contributed by atoms with Gasteiger partial charge in [-0.25, -0.2) is 4.98 Å². The van der Waals surface area contributed by atoms with Crippen molar-refractivity contribution in [1.82, 2.24) is 15.3 Å². The van der Waals surface area contributed by atoms with Crippen LogP contribution in [-0.4, -0.2) is 29.2 Å². The van der Waals surface area contributed by atoms with Crippen LogP contribution in [0, 0.1) is 5.92 Å². The van der Waals surface area contributed by atoms with Gasteiger partial charge >= 0.3 is 0 Å². The molecule has 1 saturated heterocycles. The van der Waals surface area contributed by atoms with E-state index in [0.29, 0.717) is 12.0 Å². The Hall–Kier alpha value is -1.16. The van der Waals surface area contributed by atoms with Crippen LogP contribution in [-0.2, 0) is 6.42 Å². The molecule has 2 heterocycles. The number of aromatic nitrogens is 2. The van der Waals surface area contributed by atoms with Crippen molar-refractivity contribution in [3.05, 3.63) is 18.1 Å². The summed E-state index contributed by atoms with van der Waals surface area (Å²) < 4.78 is 5.94. The molecule has 0 aromatic carbocycles. The first kappa shape index (κ1) is 12.9. The van der Waals surface area contributed by atoms with E-state index in [1.165, 1.54) is 38.5 Å². The van der Waals surface area contributed by atoms with E-state index in [9.17, 15) is 0 Å². The van der Waals surface area contributed by atoms with E-state index >= 15 is 0 Å². The van der Waals surface area contributed by atoms with E-state index in [1.807, 2.05) is 12.3 Å². The van der Waals surface area contributed by atoms with Crippen molar-refractivity contribution in [3.8, 4) is 5.88 Å². The lowest BCUT2D eigenvalue weighted by molar-refractivity contribution is 0.200. The number of ether oxygens (including phenoxy) is 1. The molecule has 104 valence electrons. The van der Waals surface area contributed by atoms with E-state index in [0.717, 1.165) is 31.2 Å². The number of nitrogens with one attached hydrogen (secondary N) is 1. The molecule has 1 aliphatic heterocycles. The van der Waals surface area contributed by atoms with Gasteiger partial charge in [-0.3, -0.25) is 0 Å². The summed E-state index contributed by atoms with van der Waals surface area (Å²) in [4.78, 5) is 8.96. The van der Waals surface area contributed by atoms with Gasteiger partial charge in [0.15, 0.2) is 0 Å². The molecule has 4 nitrogen and oxygen atoms in total. The number of hydrogen-bond donors (Lipinski definition) is 1. The van der Waals surface area contributed by atoms with Crippen molar-refractivity contribution in [1.29, 1.82) is 0 Å². The predicted octanol–water partition coefficient (Wildman–Crippen LogP) is 2.34. The fourth-order valence-electron chi connectivity index (χ4n) is 3.08. The van der Waals surface area contributed by atoms with Gasteiger partial charge in [-0.1, -0.05) is 0 Å². The second kappa shape index (κ2) is 6.33.